The third kappa shape index (κ3) is 2.97. The Balaban J connectivity index is 0.00000169. The van der Waals surface area contributed by atoms with E-state index in [1.165, 1.54) is 5.56 Å². The van der Waals surface area contributed by atoms with Crippen LogP contribution < -0.4 is 0 Å². The second kappa shape index (κ2) is 6.73. The van der Waals surface area contributed by atoms with Gasteiger partial charge in [0.1, 0.15) is 11.4 Å². The van der Waals surface area contributed by atoms with Gasteiger partial charge in [0.15, 0.2) is 0 Å². The van der Waals surface area contributed by atoms with Gasteiger partial charge in [-0.2, -0.15) is 0 Å². The molecule has 1 heterocycles. The first-order valence-corrected chi connectivity index (χ1v) is 7.56. The van der Waals surface area contributed by atoms with Gasteiger partial charge < -0.3 is 5.11 Å². The zero-order valence-corrected chi connectivity index (χ0v) is 13.7. The van der Waals surface area contributed by atoms with E-state index in [0.717, 1.165) is 22.0 Å². The Morgan fingerprint density at radius 2 is 1.21 bits per heavy atom. The van der Waals surface area contributed by atoms with Crippen LogP contribution in [0.3, 0.4) is 0 Å². The molecule has 118 valence electrons. The normalized spacial score (nSPS) is 10.3. The molecule has 0 saturated carbocycles. The standard InChI is InChI=1S/C21H15NO.ClH/c23-20-14-18-8-4-5-9-19(18)22-21(20)17-12-10-16(11-13-17)15-6-2-1-3-7-15;/h1-14,23H;1H. The number of hydrogen-bond acceptors (Lipinski definition) is 2. The molecule has 0 atom stereocenters. The molecule has 0 amide bonds. The Kier molecular flexibility index (Phi) is 4.50. The molecular formula is C21H16ClNO. The van der Waals surface area contributed by atoms with E-state index in [-0.39, 0.29) is 18.2 Å². The summed E-state index contributed by atoms with van der Waals surface area (Å²) in [6.45, 7) is 0. The van der Waals surface area contributed by atoms with Crippen molar-refractivity contribution in [1.29, 1.82) is 0 Å². The number of fused-ring (bicyclic) bond motifs is 1. The van der Waals surface area contributed by atoms with Gasteiger partial charge in [-0.05, 0) is 23.3 Å². The first-order valence-electron chi connectivity index (χ1n) is 7.56. The van der Waals surface area contributed by atoms with Crippen molar-refractivity contribution in [3.63, 3.8) is 0 Å². The molecule has 2 nitrogen and oxygen atoms in total. The monoisotopic (exact) mass is 333 g/mol. The Morgan fingerprint density at radius 3 is 1.96 bits per heavy atom. The lowest BCUT2D eigenvalue weighted by Crippen LogP contribution is -1.87. The summed E-state index contributed by atoms with van der Waals surface area (Å²) in [5.74, 6) is 0.205. The molecule has 0 spiro atoms. The fraction of sp³-hybridized carbons (Fsp3) is 0. The average Bonchev–Trinajstić information content (AvgIpc) is 2.62. The summed E-state index contributed by atoms with van der Waals surface area (Å²) in [4.78, 5) is 4.60. The zero-order valence-electron chi connectivity index (χ0n) is 12.9. The average molecular weight is 334 g/mol. The van der Waals surface area contributed by atoms with Crippen molar-refractivity contribution in [1.82, 2.24) is 4.98 Å². The number of para-hydroxylation sites is 1. The van der Waals surface area contributed by atoms with E-state index in [4.69, 9.17) is 0 Å². The summed E-state index contributed by atoms with van der Waals surface area (Å²) in [6.07, 6.45) is 0. The van der Waals surface area contributed by atoms with Gasteiger partial charge in [-0.15, -0.1) is 12.4 Å². The SMILES string of the molecule is Cl.Oc1cc2ccccc2nc1-c1ccc(-c2ccccc2)cc1. The number of pyridine rings is 1. The first kappa shape index (κ1) is 16.0. The predicted octanol–water partition coefficient (Wildman–Crippen LogP) is 5.70. The summed E-state index contributed by atoms with van der Waals surface area (Å²) < 4.78 is 0. The lowest BCUT2D eigenvalue weighted by atomic mass is 10.0. The molecule has 3 heteroatoms. The van der Waals surface area contributed by atoms with E-state index in [2.05, 4.69) is 29.2 Å². The van der Waals surface area contributed by atoms with Gasteiger partial charge in [0.25, 0.3) is 0 Å². The summed E-state index contributed by atoms with van der Waals surface area (Å²) in [7, 11) is 0. The van der Waals surface area contributed by atoms with Crippen molar-refractivity contribution in [2.45, 2.75) is 0 Å². The molecule has 4 rings (SSSR count). The predicted molar refractivity (Wildman–Crippen MR) is 102 cm³/mol. The summed E-state index contributed by atoms with van der Waals surface area (Å²) in [5, 5.41) is 11.2. The van der Waals surface area contributed by atoms with Crippen LogP contribution >= 0.6 is 12.4 Å². The molecule has 0 unspecified atom stereocenters. The van der Waals surface area contributed by atoms with Gasteiger partial charge in [0.05, 0.1) is 5.52 Å². The lowest BCUT2D eigenvalue weighted by Gasteiger charge is -2.08. The number of aromatic hydroxyl groups is 1. The maximum Gasteiger partial charge on any atom is 0.142 e. The lowest BCUT2D eigenvalue weighted by molar-refractivity contribution is 0.476. The highest BCUT2D eigenvalue weighted by Gasteiger charge is 2.08. The number of halogens is 1. The highest BCUT2D eigenvalue weighted by molar-refractivity contribution is 5.85. The molecule has 0 fully saturated rings. The summed E-state index contributed by atoms with van der Waals surface area (Å²) in [6, 6.07) is 27.9. The molecule has 4 aromatic rings. The third-order valence-electron chi connectivity index (χ3n) is 3.97. The van der Waals surface area contributed by atoms with E-state index >= 15 is 0 Å². The molecule has 0 aliphatic heterocycles. The highest BCUT2D eigenvalue weighted by Crippen LogP contribution is 2.31. The number of hydrogen-bond donors (Lipinski definition) is 1. The van der Waals surface area contributed by atoms with Gasteiger partial charge >= 0.3 is 0 Å². The Bertz CT molecular complexity index is 966. The highest BCUT2D eigenvalue weighted by atomic mass is 35.5. The third-order valence-corrected chi connectivity index (χ3v) is 3.97. The molecule has 1 N–H and O–H groups in total. The van der Waals surface area contributed by atoms with Crippen molar-refractivity contribution in [2.24, 2.45) is 0 Å². The van der Waals surface area contributed by atoms with Crippen LogP contribution in [-0.4, -0.2) is 10.1 Å². The molecule has 0 aliphatic carbocycles. The van der Waals surface area contributed by atoms with E-state index in [1.807, 2.05) is 54.6 Å². The van der Waals surface area contributed by atoms with E-state index < -0.39 is 0 Å². The topological polar surface area (TPSA) is 33.1 Å². The molecule has 0 radical (unpaired) electrons. The van der Waals surface area contributed by atoms with Crippen molar-refractivity contribution in [2.75, 3.05) is 0 Å². The van der Waals surface area contributed by atoms with E-state index in [0.29, 0.717) is 5.69 Å². The van der Waals surface area contributed by atoms with Crippen LogP contribution in [0.25, 0.3) is 33.3 Å². The Hall–Kier alpha value is -2.84. The minimum Gasteiger partial charge on any atom is -0.506 e. The van der Waals surface area contributed by atoms with Gasteiger partial charge in [0, 0.05) is 10.9 Å². The van der Waals surface area contributed by atoms with Gasteiger partial charge in [-0.3, -0.25) is 0 Å². The molecule has 0 aliphatic rings. The van der Waals surface area contributed by atoms with Crippen molar-refractivity contribution >= 4 is 23.3 Å². The van der Waals surface area contributed by atoms with Crippen molar-refractivity contribution < 1.29 is 5.11 Å². The fourth-order valence-corrected chi connectivity index (χ4v) is 2.77. The van der Waals surface area contributed by atoms with Crippen LogP contribution in [0.1, 0.15) is 0 Å². The molecule has 24 heavy (non-hydrogen) atoms. The maximum absolute atomic E-state index is 10.3. The number of nitrogens with zero attached hydrogens (tertiary/aromatic N) is 1. The second-order valence-corrected chi connectivity index (χ2v) is 5.49. The number of aromatic nitrogens is 1. The molecule has 0 bridgehead atoms. The molecule has 3 aromatic carbocycles. The number of benzene rings is 3. The second-order valence-electron chi connectivity index (χ2n) is 5.49. The van der Waals surface area contributed by atoms with Crippen LogP contribution in [0, 0.1) is 0 Å². The quantitative estimate of drug-likeness (QED) is 0.510. The van der Waals surface area contributed by atoms with Crippen LogP contribution in [0.5, 0.6) is 5.75 Å². The molecular weight excluding hydrogens is 318 g/mol. The first-order chi connectivity index (χ1) is 11.3. The van der Waals surface area contributed by atoms with Gasteiger partial charge in [-0.1, -0.05) is 72.8 Å². The van der Waals surface area contributed by atoms with Gasteiger partial charge in [-0.25, -0.2) is 4.98 Å². The largest absolute Gasteiger partial charge is 0.506 e. The van der Waals surface area contributed by atoms with Crippen LogP contribution in [-0.2, 0) is 0 Å². The Morgan fingerprint density at radius 1 is 0.625 bits per heavy atom. The summed E-state index contributed by atoms with van der Waals surface area (Å²) >= 11 is 0. The summed E-state index contributed by atoms with van der Waals surface area (Å²) in [5.41, 5.74) is 4.73. The van der Waals surface area contributed by atoms with E-state index in [9.17, 15) is 5.11 Å². The minimum absolute atomic E-state index is 0. The maximum atomic E-state index is 10.3. The zero-order chi connectivity index (χ0) is 15.6. The van der Waals surface area contributed by atoms with Crippen LogP contribution in [0.2, 0.25) is 0 Å². The minimum atomic E-state index is 0. The molecule has 0 saturated heterocycles. The van der Waals surface area contributed by atoms with Gasteiger partial charge in [0.2, 0.25) is 0 Å². The van der Waals surface area contributed by atoms with E-state index in [1.54, 1.807) is 6.07 Å². The van der Waals surface area contributed by atoms with Crippen LogP contribution in [0.15, 0.2) is 84.9 Å². The fourth-order valence-electron chi connectivity index (χ4n) is 2.77. The van der Waals surface area contributed by atoms with Crippen molar-refractivity contribution in [3.05, 3.63) is 84.9 Å². The Labute approximate surface area is 146 Å². The van der Waals surface area contributed by atoms with Crippen molar-refractivity contribution in [3.8, 4) is 28.1 Å². The smallest absolute Gasteiger partial charge is 0.142 e. The van der Waals surface area contributed by atoms with Crippen LogP contribution in [0.4, 0.5) is 0 Å². The molecule has 1 aromatic heterocycles. The number of rotatable bonds is 2.